The van der Waals surface area contributed by atoms with E-state index in [-0.39, 0.29) is 0 Å². The molecule has 0 spiro atoms. The minimum absolute atomic E-state index is 0.330. The molecule has 5 aromatic rings. The van der Waals surface area contributed by atoms with Gasteiger partial charge in [-0.1, -0.05) is 25.1 Å². The van der Waals surface area contributed by atoms with Crippen LogP contribution in [0.3, 0.4) is 0 Å². The molecule has 0 atom stereocenters. The Balaban J connectivity index is 1.79. The van der Waals surface area contributed by atoms with E-state index in [4.69, 9.17) is 4.98 Å². The lowest BCUT2D eigenvalue weighted by molar-refractivity contribution is 0.0696. The molecular weight excluding hydrogens is 374 g/mol. The lowest BCUT2D eigenvalue weighted by Crippen LogP contribution is -2.02. The van der Waals surface area contributed by atoms with Crippen LogP contribution in [0.1, 0.15) is 29.8 Å². The molecule has 0 unspecified atom stereocenters. The molecule has 0 aliphatic rings. The fourth-order valence-corrected chi connectivity index (χ4v) is 4.66. The van der Waals surface area contributed by atoms with Gasteiger partial charge in [0.15, 0.2) is 0 Å². The van der Waals surface area contributed by atoms with Gasteiger partial charge in [0.2, 0.25) is 0 Å². The van der Waals surface area contributed by atoms with Crippen molar-refractivity contribution >= 4 is 38.8 Å². The molecule has 1 N–H and O–H groups in total. The monoisotopic (exact) mass is 397 g/mol. The van der Waals surface area contributed by atoms with E-state index < -0.39 is 5.97 Å². The van der Waals surface area contributed by atoms with Crippen molar-refractivity contribution in [3.05, 3.63) is 65.7 Å². The van der Waals surface area contributed by atoms with Gasteiger partial charge in [-0.25, -0.2) is 9.78 Å². The second-order valence-corrected chi connectivity index (χ2v) is 7.61. The first-order valence-corrected chi connectivity index (χ1v) is 10.3. The molecule has 5 rings (SSSR count). The number of fused-ring (bicyclic) bond motifs is 4. The van der Waals surface area contributed by atoms with Crippen LogP contribution in [0.5, 0.6) is 0 Å². The Hall–Kier alpha value is -3.60. The van der Waals surface area contributed by atoms with Gasteiger partial charge in [0, 0.05) is 41.0 Å². The van der Waals surface area contributed by atoms with Gasteiger partial charge in [-0.15, -0.1) is 0 Å². The fraction of sp³-hybridized carbons (Fsp3) is 0.200. The van der Waals surface area contributed by atoms with E-state index in [9.17, 15) is 9.90 Å². The molecule has 0 saturated carbocycles. The number of carbonyl (C=O) groups is 1. The summed E-state index contributed by atoms with van der Waals surface area (Å²) >= 11 is 0. The third-order valence-electron chi connectivity index (χ3n) is 6.09. The average Bonchev–Trinajstić information content (AvgIpc) is 3.27. The van der Waals surface area contributed by atoms with Crippen LogP contribution in [0.2, 0.25) is 0 Å². The lowest BCUT2D eigenvalue weighted by atomic mass is 10.0. The van der Waals surface area contributed by atoms with Gasteiger partial charge in [-0.05, 0) is 55.3 Å². The second kappa shape index (κ2) is 6.73. The number of aromatic nitrogens is 3. The molecule has 30 heavy (non-hydrogen) atoms. The van der Waals surface area contributed by atoms with Crippen LogP contribution in [0.4, 0.5) is 0 Å². The Bertz CT molecular complexity index is 1460. The first-order valence-electron chi connectivity index (χ1n) is 10.3. The highest BCUT2D eigenvalue weighted by Gasteiger charge is 2.19. The summed E-state index contributed by atoms with van der Waals surface area (Å²) in [5, 5.41) is 12.0. The first-order chi connectivity index (χ1) is 14.5. The first kappa shape index (κ1) is 18.4. The predicted molar refractivity (Wildman–Crippen MR) is 121 cm³/mol. The van der Waals surface area contributed by atoms with Crippen molar-refractivity contribution < 1.29 is 9.90 Å². The molecule has 0 radical (unpaired) electrons. The predicted octanol–water partition coefficient (Wildman–Crippen LogP) is 5.63. The molecule has 5 nitrogen and oxygen atoms in total. The number of aryl methyl sites for hydroxylation is 3. The number of para-hydroxylation sites is 1. The second-order valence-electron chi connectivity index (χ2n) is 7.61. The van der Waals surface area contributed by atoms with E-state index in [2.05, 4.69) is 58.5 Å². The summed E-state index contributed by atoms with van der Waals surface area (Å²) in [7, 11) is 1.99. The number of carboxylic acids is 1. The molecule has 150 valence electrons. The summed E-state index contributed by atoms with van der Waals surface area (Å²) in [6, 6.07) is 18.5. The maximum absolute atomic E-state index is 11.7. The van der Waals surface area contributed by atoms with E-state index >= 15 is 0 Å². The number of imidazole rings is 1. The van der Waals surface area contributed by atoms with Gasteiger partial charge in [-0.3, -0.25) is 0 Å². The van der Waals surface area contributed by atoms with Gasteiger partial charge >= 0.3 is 5.97 Å². The van der Waals surface area contributed by atoms with E-state index in [1.165, 1.54) is 21.8 Å². The molecule has 5 heteroatoms. The van der Waals surface area contributed by atoms with Gasteiger partial charge in [0.05, 0.1) is 16.6 Å². The number of benzene rings is 3. The van der Waals surface area contributed by atoms with E-state index in [1.807, 2.05) is 20.0 Å². The van der Waals surface area contributed by atoms with Gasteiger partial charge in [0.1, 0.15) is 5.82 Å². The van der Waals surface area contributed by atoms with Gasteiger partial charge in [0.25, 0.3) is 0 Å². The van der Waals surface area contributed by atoms with Crippen LogP contribution < -0.4 is 0 Å². The highest BCUT2D eigenvalue weighted by molar-refractivity contribution is 6.09. The largest absolute Gasteiger partial charge is 0.478 e. The number of hydrogen-bond donors (Lipinski definition) is 1. The maximum Gasteiger partial charge on any atom is 0.336 e. The average molecular weight is 397 g/mol. The molecule has 3 aromatic carbocycles. The van der Waals surface area contributed by atoms with Crippen molar-refractivity contribution in [2.45, 2.75) is 26.8 Å². The molecule has 2 heterocycles. The smallest absolute Gasteiger partial charge is 0.336 e. The van der Waals surface area contributed by atoms with E-state index in [1.54, 1.807) is 6.07 Å². The number of aromatic carboxylic acids is 1. The number of nitrogens with zero attached hydrogens (tertiary/aromatic N) is 3. The van der Waals surface area contributed by atoms with Crippen LogP contribution in [-0.2, 0) is 20.0 Å². The maximum atomic E-state index is 11.7. The summed E-state index contributed by atoms with van der Waals surface area (Å²) in [5.74, 6) is -0.0628. The Morgan fingerprint density at radius 3 is 2.43 bits per heavy atom. The standard InChI is InChI=1S/C25H23N3O2/c1-4-16-18(25(29)30)11-13-22-23(16)26-24(27(22)3)15-10-12-21-19(14-15)17-8-6-7-9-20(17)28(21)5-2/h6-14H,4-5H2,1-3H3,(H,29,30). The van der Waals surface area contributed by atoms with Crippen molar-refractivity contribution in [2.75, 3.05) is 0 Å². The Kier molecular flexibility index (Phi) is 4.13. The topological polar surface area (TPSA) is 60.0 Å². The zero-order valence-corrected chi connectivity index (χ0v) is 17.3. The van der Waals surface area contributed by atoms with Crippen LogP contribution in [0, 0.1) is 0 Å². The minimum Gasteiger partial charge on any atom is -0.478 e. The molecular formula is C25H23N3O2. The van der Waals surface area contributed by atoms with Crippen molar-refractivity contribution in [3.8, 4) is 11.4 Å². The minimum atomic E-state index is -0.908. The summed E-state index contributed by atoms with van der Waals surface area (Å²) in [5.41, 5.74) is 6.30. The molecule has 2 aromatic heterocycles. The molecule has 0 amide bonds. The quantitative estimate of drug-likeness (QED) is 0.428. The number of carboxylic acid groups (broad SMARTS) is 1. The summed E-state index contributed by atoms with van der Waals surface area (Å²) in [6.07, 6.45) is 0.623. The van der Waals surface area contributed by atoms with Crippen LogP contribution >= 0.6 is 0 Å². The van der Waals surface area contributed by atoms with Crippen molar-refractivity contribution in [1.29, 1.82) is 0 Å². The third kappa shape index (κ3) is 2.48. The normalized spacial score (nSPS) is 11.7. The molecule has 0 saturated heterocycles. The van der Waals surface area contributed by atoms with Gasteiger partial charge < -0.3 is 14.2 Å². The summed E-state index contributed by atoms with van der Waals surface area (Å²) < 4.78 is 4.39. The van der Waals surface area contributed by atoms with E-state index in [0.717, 1.165) is 34.5 Å². The van der Waals surface area contributed by atoms with Crippen molar-refractivity contribution in [3.63, 3.8) is 0 Å². The SMILES string of the molecule is CCc1c(C(=O)O)ccc2c1nc(-c1ccc3c(c1)c1ccccc1n3CC)n2C. The van der Waals surface area contributed by atoms with Crippen LogP contribution in [-0.4, -0.2) is 25.2 Å². The molecule has 0 fully saturated rings. The molecule has 0 bridgehead atoms. The summed E-state index contributed by atoms with van der Waals surface area (Å²) in [6.45, 7) is 5.05. The zero-order valence-electron chi connectivity index (χ0n) is 17.3. The molecule has 0 aliphatic carbocycles. The fourth-order valence-electron chi connectivity index (χ4n) is 4.66. The Labute approximate surface area is 174 Å². The van der Waals surface area contributed by atoms with Crippen molar-refractivity contribution in [2.24, 2.45) is 7.05 Å². The lowest BCUT2D eigenvalue weighted by Gasteiger charge is -2.06. The van der Waals surface area contributed by atoms with Crippen LogP contribution in [0.15, 0.2) is 54.6 Å². The highest BCUT2D eigenvalue weighted by Crippen LogP contribution is 2.34. The molecule has 0 aliphatic heterocycles. The number of rotatable bonds is 4. The summed E-state index contributed by atoms with van der Waals surface area (Å²) in [4.78, 5) is 16.6. The van der Waals surface area contributed by atoms with Crippen molar-refractivity contribution in [1.82, 2.24) is 14.1 Å². The van der Waals surface area contributed by atoms with E-state index in [0.29, 0.717) is 12.0 Å². The van der Waals surface area contributed by atoms with Gasteiger partial charge in [-0.2, -0.15) is 0 Å². The Morgan fingerprint density at radius 1 is 0.967 bits per heavy atom. The number of hydrogen-bond acceptors (Lipinski definition) is 2. The Morgan fingerprint density at radius 2 is 1.70 bits per heavy atom. The van der Waals surface area contributed by atoms with Crippen LogP contribution in [0.25, 0.3) is 44.2 Å². The third-order valence-corrected chi connectivity index (χ3v) is 6.09. The zero-order chi connectivity index (χ0) is 21.0. The highest BCUT2D eigenvalue weighted by atomic mass is 16.4.